The minimum Gasteiger partial charge on any atom is -0.399 e. The van der Waals surface area contributed by atoms with Crippen LogP contribution in [0, 0.1) is 36.2 Å². The van der Waals surface area contributed by atoms with Crippen molar-refractivity contribution in [2.45, 2.75) is 64.7 Å². The van der Waals surface area contributed by atoms with Gasteiger partial charge in [-0.25, -0.2) is 4.98 Å². The first kappa shape index (κ1) is 21.6. The maximum atomic E-state index is 12.7. The normalized spacial score (nSPS) is 32.2. The summed E-state index contributed by atoms with van der Waals surface area (Å²) in [5.74, 6) is 2.32. The van der Waals surface area contributed by atoms with Gasteiger partial charge in [0, 0.05) is 22.9 Å². The average molecular weight is 451 g/mol. The van der Waals surface area contributed by atoms with E-state index in [0.29, 0.717) is 35.2 Å². The Kier molecular flexibility index (Phi) is 5.82. The molecule has 0 aliphatic heterocycles. The van der Waals surface area contributed by atoms with Crippen LogP contribution in [0.5, 0.6) is 0 Å². The van der Waals surface area contributed by atoms with E-state index in [0.717, 1.165) is 30.6 Å². The third-order valence-electron chi connectivity index (χ3n) is 8.26. The fourth-order valence-electron chi connectivity index (χ4n) is 6.96. The van der Waals surface area contributed by atoms with Crippen molar-refractivity contribution in [2.24, 2.45) is 28.3 Å². The number of aromatic nitrogens is 1. The van der Waals surface area contributed by atoms with Crippen LogP contribution in [0.1, 0.15) is 67.4 Å². The molecule has 0 saturated heterocycles. The summed E-state index contributed by atoms with van der Waals surface area (Å²) in [7, 11) is 1.65. The molecular weight excluding hydrogens is 418 g/mol. The summed E-state index contributed by atoms with van der Waals surface area (Å²) in [6.45, 7) is 4.40. The Morgan fingerprint density at radius 3 is 3.09 bits per heavy atom. The number of nitrogens with zero attached hydrogens (tertiary/aromatic N) is 2. The number of fused-ring (bicyclic) bond motifs is 5. The number of thiazole rings is 1. The van der Waals surface area contributed by atoms with Gasteiger partial charge in [-0.15, -0.1) is 11.3 Å². The van der Waals surface area contributed by atoms with E-state index in [1.54, 1.807) is 13.3 Å². The minimum atomic E-state index is 0.0649. The molecule has 2 fully saturated rings. The summed E-state index contributed by atoms with van der Waals surface area (Å²) in [5, 5.41) is 8.19. The summed E-state index contributed by atoms with van der Waals surface area (Å²) in [6.07, 6.45) is 8.85. The monoisotopic (exact) mass is 450 g/mol. The molecule has 1 aromatic carbocycles. The number of amides is 1. The fraction of sp³-hybridized carbons (Fsp3) is 0.577. The molecule has 5 atom stereocenters. The number of carbonyl (C=O) groups excluding carboxylic acids is 1. The Morgan fingerprint density at radius 1 is 1.44 bits per heavy atom. The van der Waals surface area contributed by atoms with Gasteiger partial charge < -0.3 is 10.2 Å². The second kappa shape index (κ2) is 8.62. The van der Waals surface area contributed by atoms with Crippen LogP contribution in [0.15, 0.2) is 29.6 Å². The predicted octanol–water partition coefficient (Wildman–Crippen LogP) is 5.76. The van der Waals surface area contributed by atoms with Crippen LogP contribution < -0.4 is 5.32 Å². The molecule has 6 heteroatoms. The van der Waals surface area contributed by atoms with E-state index in [1.165, 1.54) is 41.0 Å². The number of anilines is 1. The molecule has 1 radical (unpaired) electrons. The first-order valence-electron chi connectivity index (χ1n) is 11.8. The fourth-order valence-corrected chi connectivity index (χ4v) is 7.64. The number of hydrogen-bond donors (Lipinski definition) is 1. The number of hydrogen-bond acceptors (Lipinski definition) is 5. The van der Waals surface area contributed by atoms with E-state index >= 15 is 0 Å². The second-order valence-electron chi connectivity index (χ2n) is 9.96. The third-order valence-corrected chi connectivity index (χ3v) is 9.08. The number of aryl methyl sites for hydroxylation is 2. The number of rotatable bonds is 5. The molecule has 0 spiro atoms. The van der Waals surface area contributed by atoms with Gasteiger partial charge >= 0.3 is 0 Å². The van der Waals surface area contributed by atoms with E-state index in [1.807, 2.05) is 6.92 Å². The highest BCUT2D eigenvalue weighted by Gasteiger charge is 2.57. The lowest BCUT2D eigenvalue weighted by Gasteiger charge is -2.50. The molecule has 3 unspecified atom stereocenters. The zero-order valence-electron chi connectivity index (χ0n) is 19.2. The van der Waals surface area contributed by atoms with E-state index < -0.39 is 0 Å². The van der Waals surface area contributed by atoms with Gasteiger partial charge in [0.1, 0.15) is 7.11 Å². The van der Waals surface area contributed by atoms with Crippen LogP contribution in [-0.4, -0.2) is 23.7 Å². The van der Waals surface area contributed by atoms with Crippen molar-refractivity contribution in [1.29, 1.82) is 0 Å². The molecule has 5 nitrogen and oxygen atoms in total. The summed E-state index contributed by atoms with van der Waals surface area (Å²) in [5.41, 5.74) is 4.30. The molecule has 5 rings (SSSR count). The van der Waals surface area contributed by atoms with Gasteiger partial charge in [0.2, 0.25) is 5.91 Å². The number of oxime groups is 1. The predicted molar refractivity (Wildman–Crippen MR) is 128 cm³/mol. The SMILES string of the molecule is CO/N=C1\C[C@@H](CCC(=O)Nc2ncc(C)s2)C2C3CCc4c[c]ccc4C3CC[C@]12C. The Bertz CT molecular complexity index is 1030. The topological polar surface area (TPSA) is 63.6 Å². The standard InChI is InChI=1S/C26H32N3O2S/c1-16-15-27-25(32-16)28-23(30)11-9-18-14-22(29-31-3)26(2)13-12-20-19-7-5-4-6-17(19)8-10-21(20)24(18)26/h5-7,15,18,20-21,24H,8-14H2,1-3H3,(H,27,28,30)/b29-22+/t18-,20?,21?,24?,26-/m1/s1. The molecule has 1 aromatic heterocycles. The summed E-state index contributed by atoms with van der Waals surface area (Å²) < 4.78 is 0. The average Bonchev–Trinajstić information content (AvgIpc) is 3.32. The lowest BCUT2D eigenvalue weighted by molar-refractivity contribution is -0.116. The highest BCUT2D eigenvalue weighted by Crippen LogP contribution is 2.62. The maximum Gasteiger partial charge on any atom is 0.226 e. The first-order chi connectivity index (χ1) is 15.5. The Labute approximate surface area is 194 Å². The van der Waals surface area contributed by atoms with Crippen molar-refractivity contribution in [1.82, 2.24) is 4.98 Å². The second-order valence-corrected chi connectivity index (χ2v) is 11.2. The quantitative estimate of drug-likeness (QED) is 0.590. The van der Waals surface area contributed by atoms with Gasteiger partial charge in [-0.1, -0.05) is 30.3 Å². The maximum absolute atomic E-state index is 12.7. The van der Waals surface area contributed by atoms with Crippen LogP contribution in [0.3, 0.4) is 0 Å². The van der Waals surface area contributed by atoms with E-state index in [9.17, 15) is 4.79 Å². The molecule has 0 bridgehead atoms. The smallest absolute Gasteiger partial charge is 0.226 e. The number of benzene rings is 1. The first-order valence-corrected chi connectivity index (χ1v) is 12.6. The third kappa shape index (κ3) is 3.76. The molecule has 2 aromatic rings. The highest BCUT2D eigenvalue weighted by atomic mass is 32.1. The van der Waals surface area contributed by atoms with Gasteiger partial charge in [0.05, 0.1) is 5.71 Å². The van der Waals surface area contributed by atoms with Crippen molar-refractivity contribution in [3.8, 4) is 0 Å². The lowest BCUT2D eigenvalue weighted by atomic mass is 9.54. The van der Waals surface area contributed by atoms with Gasteiger partial charge in [0.25, 0.3) is 0 Å². The van der Waals surface area contributed by atoms with Crippen LogP contribution in [0.25, 0.3) is 0 Å². The Hall–Kier alpha value is -2.21. The van der Waals surface area contributed by atoms with Crippen LogP contribution in [0.2, 0.25) is 0 Å². The van der Waals surface area contributed by atoms with Crippen molar-refractivity contribution in [3.63, 3.8) is 0 Å². The Balaban J connectivity index is 1.37. The minimum absolute atomic E-state index is 0.0649. The lowest BCUT2D eigenvalue weighted by Crippen LogP contribution is -2.44. The summed E-state index contributed by atoms with van der Waals surface area (Å²) >= 11 is 1.53. The molecule has 3 aliphatic rings. The van der Waals surface area contributed by atoms with Crippen LogP contribution in [-0.2, 0) is 16.1 Å². The van der Waals surface area contributed by atoms with Crippen molar-refractivity contribution < 1.29 is 9.63 Å². The molecule has 3 aliphatic carbocycles. The van der Waals surface area contributed by atoms with Gasteiger partial charge in [-0.3, -0.25) is 4.79 Å². The van der Waals surface area contributed by atoms with Crippen molar-refractivity contribution in [2.75, 3.05) is 12.4 Å². The molecule has 1 heterocycles. The Morgan fingerprint density at radius 2 is 2.31 bits per heavy atom. The van der Waals surface area contributed by atoms with E-state index in [4.69, 9.17) is 4.84 Å². The zero-order chi connectivity index (χ0) is 22.3. The molecular formula is C26H32N3O2S. The van der Waals surface area contributed by atoms with Crippen molar-refractivity contribution in [3.05, 3.63) is 46.5 Å². The molecule has 32 heavy (non-hydrogen) atoms. The molecule has 1 amide bonds. The summed E-state index contributed by atoms with van der Waals surface area (Å²) in [4.78, 5) is 23.3. The van der Waals surface area contributed by atoms with E-state index in [2.05, 4.69) is 46.6 Å². The number of nitrogens with one attached hydrogen (secondary N) is 1. The van der Waals surface area contributed by atoms with Gasteiger partial charge in [-0.2, -0.15) is 0 Å². The summed E-state index contributed by atoms with van der Waals surface area (Å²) in [6, 6.07) is 9.83. The zero-order valence-corrected chi connectivity index (χ0v) is 20.0. The molecule has 2 saturated carbocycles. The highest BCUT2D eigenvalue weighted by molar-refractivity contribution is 7.15. The van der Waals surface area contributed by atoms with Crippen molar-refractivity contribution >= 4 is 28.1 Å². The largest absolute Gasteiger partial charge is 0.399 e. The number of carbonyl (C=O) groups is 1. The van der Waals surface area contributed by atoms with E-state index in [-0.39, 0.29) is 11.3 Å². The van der Waals surface area contributed by atoms with Gasteiger partial charge in [-0.05, 0) is 86.3 Å². The van der Waals surface area contributed by atoms with Gasteiger partial charge in [0.15, 0.2) is 5.13 Å². The molecule has 169 valence electrons. The molecule has 1 N–H and O–H groups in total. The van der Waals surface area contributed by atoms with Crippen LogP contribution >= 0.6 is 11.3 Å². The van der Waals surface area contributed by atoms with Crippen LogP contribution in [0.4, 0.5) is 5.13 Å².